The molecule has 0 aromatic heterocycles. The van der Waals surface area contributed by atoms with Gasteiger partial charge < -0.3 is 14.8 Å². The molecule has 1 N–H and O–H groups in total. The summed E-state index contributed by atoms with van der Waals surface area (Å²) in [6.07, 6.45) is 0. The van der Waals surface area contributed by atoms with Crippen molar-refractivity contribution in [3.63, 3.8) is 0 Å². The van der Waals surface area contributed by atoms with Crippen LogP contribution in [0.25, 0.3) is 0 Å². The van der Waals surface area contributed by atoms with Crippen LogP contribution in [0.3, 0.4) is 0 Å². The van der Waals surface area contributed by atoms with Crippen LogP contribution in [-0.2, 0) is 6.54 Å². The minimum absolute atomic E-state index is 0.517. The Hall–Kier alpha value is -2.94. The normalized spacial score (nSPS) is 10.4. The summed E-state index contributed by atoms with van der Waals surface area (Å²) >= 11 is 0. The van der Waals surface area contributed by atoms with E-state index in [2.05, 4.69) is 49.5 Å². The highest BCUT2D eigenvalue weighted by atomic mass is 16.5. The average Bonchev–Trinajstić information content (AvgIpc) is 2.67. The van der Waals surface area contributed by atoms with Gasteiger partial charge in [-0.05, 0) is 60.9 Å². The van der Waals surface area contributed by atoms with E-state index in [1.165, 1.54) is 22.4 Å². The summed E-state index contributed by atoms with van der Waals surface area (Å²) in [5, 5.41) is 3.51. The first-order valence-corrected chi connectivity index (χ1v) is 8.91. The molecule has 3 aromatic rings. The Balaban J connectivity index is 1.49. The Morgan fingerprint density at radius 2 is 1.46 bits per heavy atom. The predicted molar refractivity (Wildman–Crippen MR) is 107 cm³/mol. The Labute approximate surface area is 155 Å². The van der Waals surface area contributed by atoms with Gasteiger partial charge in [-0.15, -0.1) is 0 Å². The van der Waals surface area contributed by atoms with Crippen molar-refractivity contribution in [2.45, 2.75) is 20.4 Å². The van der Waals surface area contributed by atoms with Crippen molar-refractivity contribution >= 4 is 5.69 Å². The van der Waals surface area contributed by atoms with Gasteiger partial charge in [0, 0.05) is 12.2 Å². The molecule has 0 amide bonds. The summed E-state index contributed by atoms with van der Waals surface area (Å²) in [4.78, 5) is 0. The van der Waals surface area contributed by atoms with Crippen LogP contribution in [0, 0.1) is 13.8 Å². The molecule has 0 radical (unpaired) electrons. The number of nitrogens with one attached hydrogen (secondary N) is 1. The molecule has 0 unspecified atom stereocenters. The molecule has 0 aliphatic rings. The van der Waals surface area contributed by atoms with E-state index < -0.39 is 0 Å². The number of hydrogen-bond donors (Lipinski definition) is 1. The van der Waals surface area contributed by atoms with Gasteiger partial charge in [-0.3, -0.25) is 0 Å². The lowest BCUT2D eigenvalue weighted by molar-refractivity contribution is 0.217. The van der Waals surface area contributed by atoms with Crippen molar-refractivity contribution < 1.29 is 9.47 Å². The maximum atomic E-state index is 5.81. The molecular formula is C23H25NO2. The maximum absolute atomic E-state index is 5.81. The fraction of sp³-hybridized carbons (Fsp3) is 0.217. The Morgan fingerprint density at radius 3 is 2.27 bits per heavy atom. The van der Waals surface area contributed by atoms with E-state index in [0.717, 1.165) is 18.0 Å². The number of benzene rings is 3. The van der Waals surface area contributed by atoms with Crippen LogP contribution in [0.5, 0.6) is 11.5 Å². The van der Waals surface area contributed by atoms with E-state index in [-0.39, 0.29) is 0 Å². The maximum Gasteiger partial charge on any atom is 0.122 e. The largest absolute Gasteiger partial charge is 0.490 e. The number of para-hydroxylation sites is 1. The van der Waals surface area contributed by atoms with Gasteiger partial charge in [0.15, 0.2) is 0 Å². The molecule has 3 aromatic carbocycles. The number of hydrogen-bond acceptors (Lipinski definition) is 3. The van der Waals surface area contributed by atoms with Crippen LogP contribution in [0.1, 0.15) is 16.7 Å². The molecule has 0 saturated heterocycles. The summed E-state index contributed by atoms with van der Waals surface area (Å²) in [5.41, 5.74) is 4.87. The summed E-state index contributed by atoms with van der Waals surface area (Å²) in [5.74, 6) is 1.73. The zero-order valence-corrected chi connectivity index (χ0v) is 15.4. The first-order chi connectivity index (χ1) is 12.7. The first kappa shape index (κ1) is 17.9. The summed E-state index contributed by atoms with van der Waals surface area (Å²) in [7, 11) is 0. The molecular weight excluding hydrogens is 322 g/mol. The smallest absolute Gasteiger partial charge is 0.122 e. The van der Waals surface area contributed by atoms with Crippen LogP contribution < -0.4 is 14.8 Å². The second kappa shape index (κ2) is 8.95. The van der Waals surface area contributed by atoms with Gasteiger partial charge >= 0.3 is 0 Å². The minimum atomic E-state index is 0.517. The SMILES string of the molecule is Cc1ccc(C)c(NCc2cccc(OCCOc3ccccc3)c2)c1. The lowest BCUT2D eigenvalue weighted by Crippen LogP contribution is -2.09. The van der Waals surface area contributed by atoms with E-state index in [0.29, 0.717) is 13.2 Å². The van der Waals surface area contributed by atoms with E-state index >= 15 is 0 Å². The van der Waals surface area contributed by atoms with Crippen LogP contribution in [0.4, 0.5) is 5.69 Å². The first-order valence-electron chi connectivity index (χ1n) is 8.91. The number of anilines is 1. The molecule has 0 atom stereocenters. The van der Waals surface area contributed by atoms with E-state index in [4.69, 9.17) is 9.47 Å². The molecule has 3 nitrogen and oxygen atoms in total. The highest BCUT2D eigenvalue weighted by Gasteiger charge is 2.01. The van der Waals surface area contributed by atoms with Crippen molar-refractivity contribution in [1.29, 1.82) is 0 Å². The topological polar surface area (TPSA) is 30.5 Å². The zero-order chi connectivity index (χ0) is 18.2. The van der Waals surface area contributed by atoms with Gasteiger partial charge in [-0.1, -0.05) is 42.5 Å². The molecule has 0 spiro atoms. The monoisotopic (exact) mass is 347 g/mol. The Kier molecular flexibility index (Phi) is 6.15. The standard InChI is InChI=1S/C23H25NO2/c1-18-11-12-19(2)23(15-18)24-17-20-7-6-10-22(16-20)26-14-13-25-21-8-4-3-5-9-21/h3-12,15-16,24H,13-14,17H2,1-2H3. The van der Waals surface area contributed by atoms with Crippen molar-refractivity contribution in [3.05, 3.63) is 89.5 Å². The Bertz CT molecular complexity index is 831. The van der Waals surface area contributed by atoms with Gasteiger partial charge in [0.2, 0.25) is 0 Å². The molecule has 3 heteroatoms. The quantitative estimate of drug-likeness (QED) is 0.555. The van der Waals surface area contributed by atoms with Crippen molar-refractivity contribution in [3.8, 4) is 11.5 Å². The number of aryl methyl sites for hydroxylation is 2. The third-order valence-electron chi connectivity index (χ3n) is 4.14. The highest BCUT2D eigenvalue weighted by molar-refractivity contribution is 5.52. The van der Waals surface area contributed by atoms with Crippen LogP contribution >= 0.6 is 0 Å². The number of ether oxygens (including phenoxy) is 2. The lowest BCUT2D eigenvalue weighted by Gasteiger charge is -2.12. The van der Waals surface area contributed by atoms with Crippen LogP contribution in [0.2, 0.25) is 0 Å². The van der Waals surface area contributed by atoms with Crippen LogP contribution in [-0.4, -0.2) is 13.2 Å². The molecule has 0 heterocycles. The van der Waals surface area contributed by atoms with Crippen molar-refractivity contribution in [2.24, 2.45) is 0 Å². The molecule has 3 rings (SSSR count). The van der Waals surface area contributed by atoms with Gasteiger partial charge in [0.05, 0.1) is 0 Å². The summed E-state index contributed by atoms with van der Waals surface area (Å²) < 4.78 is 11.5. The van der Waals surface area contributed by atoms with Crippen LogP contribution in [0.15, 0.2) is 72.8 Å². The molecule has 134 valence electrons. The molecule has 26 heavy (non-hydrogen) atoms. The molecule has 0 aliphatic heterocycles. The summed E-state index contributed by atoms with van der Waals surface area (Å²) in [6, 6.07) is 24.4. The van der Waals surface area contributed by atoms with Gasteiger partial charge in [-0.25, -0.2) is 0 Å². The molecule has 0 aliphatic carbocycles. The average molecular weight is 347 g/mol. The second-order valence-electron chi connectivity index (χ2n) is 6.33. The summed E-state index contributed by atoms with van der Waals surface area (Å²) in [6.45, 7) is 6.03. The Morgan fingerprint density at radius 1 is 0.731 bits per heavy atom. The zero-order valence-electron chi connectivity index (χ0n) is 15.4. The molecule has 0 bridgehead atoms. The lowest BCUT2D eigenvalue weighted by atomic mass is 10.1. The fourth-order valence-electron chi connectivity index (χ4n) is 2.70. The van der Waals surface area contributed by atoms with Gasteiger partial charge in [0.25, 0.3) is 0 Å². The molecule has 0 saturated carbocycles. The third-order valence-corrected chi connectivity index (χ3v) is 4.14. The second-order valence-corrected chi connectivity index (χ2v) is 6.33. The minimum Gasteiger partial charge on any atom is -0.490 e. The van der Waals surface area contributed by atoms with Crippen molar-refractivity contribution in [2.75, 3.05) is 18.5 Å². The molecule has 0 fully saturated rings. The van der Waals surface area contributed by atoms with E-state index in [1.807, 2.05) is 42.5 Å². The van der Waals surface area contributed by atoms with E-state index in [1.54, 1.807) is 0 Å². The number of rotatable bonds is 8. The third kappa shape index (κ3) is 5.28. The predicted octanol–water partition coefficient (Wildman–Crippen LogP) is 5.37. The fourth-order valence-corrected chi connectivity index (χ4v) is 2.70. The van der Waals surface area contributed by atoms with E-state index in [9.17, 15) is 0 Å². The van der Waals surface area contributed by atoms with Crippen molar-refractivity contribution in [1.82, 2.24) is 0 Å². The van der Waals surface area contributed by atoms with Gasteiger partial charge in [0.1, 0.15) is 24.7 Å². The van der Waals surface area contributed by atoms with Gasteiger partial charge in [-0.2, -0.15) is 0 Å². The highest BCUT2D eigenvalue weighted by Crippen LogP contribution is 2.19.